The van der Waals surface area contributed by atoms with E-state index in [0.717, 1.165) is 29.5 Å². The van der Waals surface area contributed by atoms with Gasteiger partial charge in [-0.15, -0.1) is 0 Å². The zero-order valence-electron chi connectivity index (χ0n) is 14.7. The maximum absolute atomic E-state index is 13.1. The highest BCUT2D eigenvalue weighted by atomic mass is 32.1. The molecule has 1 saturated carbocycles. The van der Waals surface area contributed by atoms with Gasteiger partial charge in [-0.05, 0) is 25.0 Å². The lowest BCUT2D eigenvalue weighted by Crippen LogP contribution is -2.38. The molecule has 0 unspecified atom stereocenters. The third-order valence-electron chi connectivity index (χ3n) is 4.67. The number of hydrogen-bond acceptors (Lipinski definition) is 4. The number of aromatic nitrogens is 1. The molecule has 2 N–H and O–H groups in total. The fourth-order valence-electron chi connectivity index (χ4n) is 3.01. The molecule has 1 aliphatic heterocycles. The van der Waals surface area contributed by atoms with Crippen molar-refractivity contribution in [1.82, 2.24) is 9.88 Å². The molecule has 2 aliphatic rings. The number of alkyl halides is 3. The van der Waals surface area contributed by atoms with Gasteiger partial charge in [0, 0.05) is 23.8 Å². The van der Waals surface area contributed by atoms with Crippen LogP contribution in [0.2, 0.25) is 0 Å². The summed E-state index contributed by atoms with van der Waals surface area (Å²) in [5.74, 6) is 0.0290. The predicted octanol–water partition coefficient (Wildman–Crippen LogP) is 4.10. The maximum Gasteiger partial charge on any atom is 0.418 e. The monoisotopic (exact) mass is 410 g/mol. The summed E-state index contributed by atoms with van der Waals surface area (Å²) in [7, 11) is 0. The van der Waals surface area contributed by atoms with Gasteiger partial charge in [-0.3, -0.25) is 4.79 Å². The second kappa shape index (κ2) is 7.08. The first-order valence-corrected chi connectivity index (χ1v) is 9.64. The van der Waals surface area contributed by atoms with Crippen molar-refractivity contribution in [2.75, 3.05) is 17.2 Å². The van der Waals surface area contributed by atoms with Crippen LogP contribution in [-0.2, 0) is 23.9 Å². The average Bonchev–Trinajstić information content (AvgIpc) is 3.41. The Balaban J connectivity index is 1.44. The van der Waals surface area contributed by atoms with Crippen molar-refractivity contribution < 1.29 is 22.8 Å². The normalized spacial score (nSPS) is 16.5. The minimum Gasteiger partial charge on any atom is -0.319 e. The molecule has 1 aromatic carbocycles. The molecule has 148 valence electrons. The quantitative estimate of drug-likeness (QED) is 0.800. The summed E-state index contributed by atoms with van der Waals surface area (Å²) in [5.41, 5.74) is -0.341. The Bertz CT molecular complexity index is 924. The van der Waals surface area contributed by atoms with E-state index in [0.29, 0.717) is 18.1 Å². The van der Waals surface area contributed by atoms with E-state index in [-0.39, 0.29) is 24.1 Å². The molecular weight excluding hydrogens is 393 g/mol. The van der Waals surface area contributed by atoms with E-state index in [1.165, 1.54) is 34.4 Å². The molecule has 1 aliphatic carbocycles. The smallest absolute Gasteiger partial charge is 0.319 e. The summed E-state index contributed by atoms with van der Waals surface area (Å²) in [6.07, 6.45) is -2.28. The van der Waals surface area contributed by atoms with E-state index in [1.807, 2.05) is 0 Å². The summed E-state index contributed by atoms with van der Waals surface area (Å²) >= 11 is 1.30. The second-order valence-corrected chi connectivity index (χ2v) is 7.88. The molecule has 0 atom stereocenters. The number of nitrogens with zero attached hydrogens (tertiary/aromatic N) is 2. The van der Waals surface area contributed by atoms with Crippen molar-refractivity contribution in [3.63, 3.8) is 0 Å². The first-order chi connectivity index (χ1) is 13.3. The standard InChI is InChI=1S/C18H17F3N4O2S/c19-18(20,21)11-3-1-2-4-12(11)23-17(27)25-8-7-13-14(9-25)28-16(22-13)24-15(26)10-5-6-10/h1-4,10H,5-9H2,(H,23,27)(H,22,24,26). The molecule has 10 heteroatoms. The van der Waals surface area contributed by atoms with Crippen molar-refractivity contribution in [1.29, 1.82) is 0 Å². The Morgan fingerprint density at radius 3 is 2.64 bits per heavy atom. The van der Waals surface area contributed by atoms with Gasteiger partial charge in [-0.2, -0.15) is 13.2 Å². The van der Waals surface area contributed by atoms with Gasteiger partial charge >= 0.3 is 12.2 Å². The van der Waals surface area contributed by atoms with Crippen LogP contribution in [0.3, 0.4) is 0 Å². The van der Waals surface area contributed by atoms with Gasteiger partial charge in [0.05, 0.1) is 23.5 Å². The number of halogens is 3. The van der Waals surface area contributed by atoms with E-state index in [1.54, 1.807) is 0 Å². The maximum atomic E-state index is 13.1. The van der Waals surface area contributed by atoms with Crippen LogP contribution in [0.1, 0.15) is 29.0 Å². The van der Waals surface area contributed by atoms with Crippen molar-refractivity contribution in [2.24, 2.45) is 5.92 Å². The lowest BCUT2D eigenvalue weighted by molar-refractivity contribution is -0.136. The first kappa shape index (κ1) is 18.7. The molecule has 0 saturated heterocycles. The topological polar surface area (TPSA) is 74.3 Å². The summed E-state index contributed by atoms with van der Waals surface area (Å²) < 4.78 is 39.3. The number of benzene rings is 1. The highest BCUT2D eigenvalue weighted by molar-refractivity contribution is 7.15. The molecule has 0 radical (unpaired) electrons. The summed E-state index contributed by atoms with van der Waals surface area (Å²) in [4.78, 5) is 31.0. The number of thiazole rings is 1. The van der Waals surface area contributed by atoms with Crippen LogP contribution in [0, 0.1) is 5.92 Å². The fraction of sp³-hybridized carbons (Fsp3) is 0.389. The molecule has 1 aromatic heterocycles. The van der Waals surface area contributed by atoms with Crippen LogP contribution in [0.5, 0.6) is 0 Å². The summed E-state index contributed by atoms with van der Waals surface area (Å²) in [5, 5.41) is 5.66. The van der Waals surface area contributed by atoms with Gasteiger partial charge < -0.3 is 15.5 Å². The number of para-hydroxylation sites is 1. The van der Waals surface area contributed by atoms with E-state index in [2.05, 4.69) is 15.6 Å². The van der Waals surface area contributed by atoms with Crippen molar-refractivity contribution in [3.8, 4) is 0 Å². The number of carbonyl (C=O) groups is 2. The zero-order chi connectivity index (χ0) is 19.9. The Morgan fingerprint density at radius 2 is 1.93 bits per heavy atom. The van der Waals surface area contributed by atoms with Crippen molar-refractivity contribution in [3.05, 3.63) is 40.4 Å². The lowest BCUT2D eigenvalue weighted by atomic mass is 10.1. The lowest BCUT2D eigenvalue weighted by Gasteiger charge is -2.26. The Morgan fingerprint density at radius 1 is 1.18 bits per heavy atom. The van der Waals surface area contributed by atoms with Crippen LogP contribution >= 0.6 is 11.3 Å². The molecule has 6 nitrogen and oxygen atoms in total. The number of hydrogen-bond donors (Lipinski definition) is 2. The van der Waals surface area contributed by atoms with Crippen molar-refractivity contribution in [2.45, 2.75) is 32.0 Å². The fourth-order valence-corrected chi connectivity index (χ4v) is 4.04. The molecule has 2 heterocycles. The Kier molecular flexibility index (Phi) is 4.74. The number of anilines is 2. The highest BCUT2D eigenvalue weighted by Crippen LogP contribution is 2.35. The van der Waals surface area contributed by atoms with Crippen LogP contribution in [0.15, 0.2) is 24.3 Å². The van der Waals surface area contributed by atoms with E-state index in [9.17, 15) is 22.8 Å². The number of nitrogens with one attached hydrogen (secondary N) is 2. The van der Waals surface area contributed by atoms with Gasteiger partial charge in [0.25, 0.3) is 0 Å². The number of urea groups is 1. The van der Waals surface area contributed by atoms with Crippen LogP contribution in [0.25, 0.3) is 0 Å². The van der Waals surface area contributed by atoms with Crippen molar-refractivity contribution >= 4 is 34.1 Å². The number of amides is 3. The molecule has 3 amide bonds. The first-order valence-electron chi connectivity index (χ1n) is 8.83. The Labute approximate surface area is 162 Å². The minimum atomic E-state index is -4.55. The second-order valence-electron chi connectivity index (χ2n) is 6.80. The third kappa shape index (κ3) is 3.96. The molecule has 2 aromatic rings. The average molecular weight is 410 g/mol. The van der Waals surface area contributed by atoms with Gasteiger partial charge in [0.1, 0.15) is 0 Å². The van der Waals surface area contributed by atoms with Gasteiger partial charge in [0.15, 0.2) is 5.13 Å². The van der Waals surface area contributed by atoms with Gasteiger partial charge in [-0.25, -0.2) is 9.78 Å². The number of rotatable bonds is 3. The Hall–Kier alpha value is -2.62. The van der Waals surface area contributed by atoms with E-state index < -0.39 is 17.8 Å². The van der Waals surface area contributed by atoms with E-state index >= 15 is 0 Å². The van der Waals surface area contributed by atoms with Crippen LogP contribution in [-0.4, -0.2) is 28.4 Å². The molecule has 28 heavy (non-hydrogen) atoms. The summed E-state index contributed by atoms with van der Waals surface area (Å²) in [6.45, 7) is 0.582. The number of carbonyl (C=O) groups excluding carboxylic acids is 2. The minimum absolute atomic E-state index is 0.0375. The van der Waals surface area contributed by atoms with Gasteiger partial charge in [0.2, 0.25) is 5.91 Å². The zero-order valence-corrected chi connectivity index (χ0v) is 15.5. The third-order valence-corrected chi connectivity index (χ3v) is 5.67. The molecule has 0 spiro atoms. The number of fused-ring (bicyclic) bond motifs is 1. The molecular formula is C18H17F3N4O2S. The predicted molar refractivity (Wildman–Crippen MR) is 98.0 cm³/mol. The van der Waals surface area contributed by atoms with Crippen LogP contribution < -0.4 is 10.6 Å². The van der Waals surface area contributed by atoms with Gasteiger partial charge in [-0.1, -0.05) is 23.5 Å². The van der Waals surface area contributed by atoms with E-state index in [4.69, 9.17) is 0 Å². The van der Waals surface area contributed by atoms with Crippen LogP contribution in [0.4, 0.5) is 28.8 Å². The molecule has 4 rings (SSSR count). The largest absolute Gasteiger partial charge is 0.418 e. The highest BCUT2D eigenvalue weighted by Gasteiger charge is 2.34. The molecule has 1 fully saturated rings. The molecule has 0 bridgehead atoms. The summed E-state index contributed by atoms with van der Waals surface area (Å²) in [6, 6.07) is 4.28. The SMILES string of the molecule is O=C(Nc1nc2c(s1)CN(C(=O)Nc1ccccc1C(F)(F)F)CC2)C1CC1.